The summed E-state index contributed by atoms with van der Waals surface area (Å²) in [6, 6.07) is 12.0. The molecule has 1 N–H and O–H groups in total. The number of nitrogens with zero attached hydrogens (tertiary/aromatic N) is 3. The second-order valence-corrected chi connectivity index (χ2v) is 5.57. The molecule has 0 fully saturated rings. The van der Waals surface area contributed by atoms with Crippen LogP contribution in [0.4, 0.5) is 0 Å². The van der Waals surface area contributed by atoms with E-state index in [0.717, 1.165) is 28.6 Å². The first-order valence-corrected chi connectivity index (χ1v) is 7.71. The highest BCUT2D eigenvalue weighted by Gasteiger charge is 2.08. The van der Waals surface area contributed by atoms with E-state index in [1.54, 1.807) is 17.5 Å². The van der Waals surface area contributed by atoms with Gasteiger partial charge in [0.15, 0.2) is 0 Å². The second kappa shape index (κ2) is 6.56. The Morgan fingerprint density at radius 2 is 1.90 bits per heavy atom. The van der Waals surface area contributed by atoms with Crippen molar-refractivity contribution in [3.8, 4) is 10.7 Å². The lowest BCUT2D eigenvalue weighted by atomic mass is 10.2. The summed E-state index contributed by atoms with van der Waals surface area (Å²) in [5, 5.41) is 6.47. The highest BCUT2D eigenvalue weighted by Crippen LogP contribution is 2.21. The normalized spacial score (nSPS) is 12.2. The molecule has 3 rings (SSSR count). The van der Waals surface area contributed by atoms with Crippen molar-refractivity contribution in [3.05, 3.63) is 65.6 Å². The van der Waals surface area contributed by atoms with Gasteiger partial charge in [0.05, 0.1) is 17.1 Å². The molecule has 3 aromatic rings. The molecular weight excluding hydrogens is 280 g/mol. The molecule has 0 spiro atoms. The molecule has 0 aliphatic carbocycles. The van der Waals surface area contributed by atoms with Crippen molar-refractivity contribution in [2.24, 2.45) is 0 Å². The Labute approximate surface area is 127 Å². The van der Waals surface area contributed by atoms with Crippen molar-refractivity contribution in [1.29, 1.82) is 0 Å². The third-order valence-electron chi connectivity index (χ3n) is 3.16. The van der Waals surface area contributed by atoms with Gasteiger partial charge >= 0.3 is 0 Å². The van der Waals surface area contributed by atoms with Crippen molar-refractivity contribution >= 4 is 11.3 Å². The first kappa shape index (κ1) is 13.9. The molecule has 0 aromatic carbocycles. The van der Waals surface area contributed by atoms with Gasteiger partial charge in [0.1, 0.15) is 5.01 Å². The Morgan fingerprint density at radius 3 is 2.62 bits per heavy atom. The first-order chi connectivity index (χ1) is 10.3. The Morgan fingerprint density at radius 1 is 1.10 bits per heavy atom. The molecule has 3 aromatic heterocycles. The number of hydrogen-bond donors (Lipinski definition) is 1. The van der Waals surface area contributed by atoms with Crippen molar-refractivity contribution in [3.63, 3.8) is 0 Å². The number of nitrogens with one attached hydrogen (secondary N) is 1. The third kappa shape index (κ3) is 3.51. The molecule has 0 saturated heterocycles. The molecular formula is C16H16N4S. The number of aromatic nitrogens is 3. The predicted molar refractivity (Wildman–Crippen MR) is 84.8 cm³/mol. The monoisotopic (exact) mass is 296 g/mol. The fraction of sp³-hybridized carbons (Fsp3) is 0.188. The fourth-order valence-electron chi connectivity index (χ4n) is 1.99. The van der Waals surface area contributed by atoms with Crippen molar-refractivity contribution in [2.75, 3.05) is 0 Å². The topological polar surface area (TPSA) is 50.7 Å². The molecule has 1 atom stereocenters. The van der Waals surface area contributed by atoms with Crippen LogP contribution in [0.2, 0.25) is 0 Å². The molecule has 0 aliphatic heterocycles. The summed E-state index contributed by atoms with van der Waals surface area (Å²) in [5.41, 5.74) is 2.99. The van der Waals surface area contributed by atoms with E-state index in [2.05, 4.69) is 32.6 Å². The van der Waals surface area contributed by atoms with Crippen LogP contribution in [0, 0.1) is 0 Å². The van der Waals surface area contributed by atoms with Crippen molar-refractivity contribution in [1.82, 2.24) is 20.3 Å². The maximum Gasteiger partial charge on any atom is 0.142 e. The quantitative estimate of drug-likeness (QED) is 0.783. The summed E-state index contributed by atoms with van der Waals surface area (Å²) >= 11 is 1.62. The Kier molecular flexibility index (Phi) is 4.33. The average molecular weight is 296 g/mol. The van der Waals surface area contributed by atoms with E-state index in [4.69, 9.17) is 0 Å². The zero-order chi connectivity index (χ0) is 14.5. The van der Waals surface area contributed by atoms with Gasteiger partial charge in [0.2, 0.25) is 0 Å². The fourth-order valence-corrected chi connectivity index (χ4v) is 2.78. The molecule has 3 heterocycles. The van der Waals surface area contributed by atoms with E-state index >= 15 is 0 Å². The van der Waals surface area contributed by atoms with E-state index in [-0.39, 0.29) is 6.04 Å². The lowest BCUT2D eigenvalue weighted by molar-refractivity contribution is 0.556. The first-order valence-electron chi connectivity index (χ1n) is 6.83. The molecule has 0 bridgehead atoms. The van der Waals surface area contributed by atoms with Crippen LogP contribution in [-0.4, -0.2) is 15.0 Å². The molecule has 21 heavy (non-hydrogen) atoms. The van der Waals surface area contributed by atoms with Gasteiger partial charge in [-0.1, -0.05) is 12.1 Å². The second-order valence-electron chi connectivity index (χ2n) is 4.72. The highest BCUT2D eigenvalue weighted by atomic mass is 32.1. The molecule has 0 aliphatic rings. The van der Waals surface area contributed by atoms with E-state index in [1.165, 1.54) is 0 Å². The Bertz CT molecular complexity index is 682. The van der Waals surface area contributed by atoms with Crippen LogP contribution in [0.3, 0.4) is 0 Å². The van der Waals surface area contributed by atoms with Gasteiger partial charge in [-0.15, -0.1) is 11.3 Å². The number of rotatable bonds is 5. The summed E-state index contributed by atoms with van der Waals surface area (Å²) in [7, 11) is 0. The molecule has 4 nitrogen and oxygen atoms in total. The Hall–Kier alpha value is -2.11. The van der Waals surface area contributed by atoms with E-state index in [1.807, 2.05) is 42.6 Å². The van der Waals surface area contributed by atoms with Crippen LogP contribution < -0.4 is 5.32 Å². The van der Waals surface area contributed by atoms with Crippen LogP contribution in [0.15, 0.2) is 54.2 Å². The molecule has 0 radical (unpaired) electrons. The minimum Gasteiger partial charge on any atom is -0.303 e. The zero-order valence-electron chi connectivity index (χ0n) is 11.7. The largest absolute Gasteiger partial charge is 0.303 e. The van der Waals surface area contributed by atoms with Crippen LogP contribution in [-0.2, 0) is 6.54 Å². The van der Waals surface area contributed by atoms with Crippen LogP contribution in [0.25, 0.3) is 10.7 Å². The summed E-state index contributed by atoms with van der Waals surface area (Å²) in [5.74, 6) is 0. The predicted octanol–water partition coefficient (Wildman–Crippen LogP) is 3.45. The zero-order valence-corrected chi connectivity index (χ0v) is 12.5. The molecule has 0 amide bonds. The standard InChI is InChI=1S/C16H16N4S/c1-12(14-6-2-4-8-17-14)19-10-13-11-21-16(20-13)15-7-3-5-9-18-15/h2-9,11-12,19H,10H2,1H3/t12-/m0/s1. The molecule has 0 saturated carbocycles. The number of hydrogen-bond acceptors (Lipinski definition) is 5. The SMILES string of the molecule is C[C@H](NCc1csc(-c2ccccn2)n1)c1ccccn1. The molecule has 5 heteroatoms. The van der Waals surface area contributed by atoms with Crippen LogP contribution >= 0.6 is 11.3 Å². The van der Waals surface area contributed by atoms with Gasteiger partial charge in [-0.05, 0) is 31.2 Å². The maximum absolute atomic E-state index is 4.62. The Balaban J connectivity index is 1.63. The summed E-state index contributed by atoms with van der Waals surface area (Å²) in [6.45, 7) is 2.83. The number of thiazole rings is 1. The summed E-state index contributed by atoms with van der Waals surface area (Å²) in [4.78, 5) is 13.3. The van der Waals surface area contributed by atoms with Gasteiger partial charge in [-0.3, -0.25) is 9.97 Å². The van der Waals surface area contributed by atoms with Gasteiger partial charge in [0, 0.05) is 30.4 Å². The third-order valence-corrected chi connectivity index (χ3v) is 4.07. The minimum absolute atomic E-state index is 0.200. The van der Waals surface area contributed by atoms with Gasteiger partial charge < -0.3 is 5.32 Å². The summed E-state index contributed by atoms with van der Waals surface area (Å²) < 4.78 is 0. The number of pyridine rings is 2. The van der Waals surface area contributed by atoms with Crippen LogP contribution in [0.5, 0.6) is 0 Å². The van der Waals surface area contributed by atoms with Gasteiger partial charge in [0.25, 0.3) is 0 Å². The summed E-state index contributed by atoms with van der Waals surface area (Å²) in [6.07, 6.45) is 3.60. The van der Waals surface area contributed by atoms with E-state index in [0.29, 0.717) is 0 Å². The average Bonchev–Trinajstić information content (AvgIpc) is 3.03. The minimum atomic E-state index is 0.200. The molecule has 106 valence electrons. The lowest BCUT2D eigenvalue weighted by Crippen LogP contribution is -2.19. The highest BCUT2D eigenvalue weighted by molar-refractivity contribution is 7.13. The van der Waals surface area contributed by atoms with E-state index < -0.39 is 0 Å². The van der Waals surface area contributed by atoms with Crippen LogP contribution in [0.1, 0.15) is 24.4 Å². The van der Waals surface area contributed by atoms with Crippen molar-refractivity contribution in [2.45, 2.75) is 19.5 Å². The van der Waals surface area contributed by atoms with Crippen molar-refractivity contribution < 1.29 is 0 Å². The van der Waals surface area contributed by atoms with Gasteiger partial charge in [-0.2, -0.15) is 0 Å². The van der Waals surface area contributed by atoms with Gasteiger partial charge in [-0.25, -0.2) is 4.98 Å². The lowest BCUT2D eigenvalue weighted by Gasteiger charge is -2.11. The molecule has 0 unspecified atom stereocenters. The smallest absolute Gasteiger partial charge is 0.142 e. The van der Waals surface area contributed by atoms with E-state index in [9.17, 15) is 0 Å². The maximum atomic E-state index is 4.62.